The Morgan fingerprint density at radius 2 is 1.88 bits per heavy atom. The van der Waals surface area contributed by atoms with Crippen molar-refractivity contribution in [2.75, 3.05) is 0 Å². The second-order valence-corrected chi connectivity index (χ2v) is 4.43. The van der Waals surface area contributed by atoms with Gasteiger partial charge in [0.25, 0.3) is 0 Å². The van der Waals surface area contributed by atoms with Gasteiger partial charge in [-0.3, -0.25) is 0 Å². The minimum absolute atomic E-state index is 0.721. The van der Waals surface area contributed by atoms with Crippen LogP contribution in [0.5, 0.6) is 0 Å². The van der Waals surface area contributed by atoms with E-state index >= 15 is 0 Å². The summed E-state index contributed by atoms with van der Waals surface area (Å²) >= 11 is 6.26. The maximum atomic E-state index is 6.26. The molecular weight excluding hydrogens is 232 g/mol. The van der Waals surface area contributed by atoms with E-state index in [4.69, 9.17) is 11.6 Å². The Morgan fingerprint density at radius 1 is 1.06 bits per heavy atom. The summed E-state index contributed by atoms with van der Waals surface area (Å²) in [6.45, 7) is 2.04. The molecule has 0 radical (unpaired) electrons. The van der Waals surface area contributed by atoms with Gasteiger partial charge in [-0.2, -0.15) is 5.10 Å². The zero-order chi connectivity index (χ0) is 11.8. The summed E-state index contributed by atoms with van der Waals surface area (Å²) in [5.74, 6) is 0. The molecule has 2 nitrogen and oxygen atoms in total. The van der Waals surface area contributed by atoms with Crippen molar-refractivity contribution in [3.63, 3.8) is 0 Å². The van der Waals surface area contributed by atoms with Crippen LogP contribution in [0.3, 0.4) is 0 Å². The van der Waals surface area contributed by atoms with E-state index in [1.807, 2.05) is 60.3 Å². The standard InChI is InChI=1S/C14H11ClN2/c1-10-5-4-7-12(15)14(10)17-13-8-3-2-6-11(13)9-16-17/h2-9H,1H3. The average Bonchev–Trinajstić information content (AvgIpc) is 2.73. The Hall–Kier alpha value is -1.80. The number of halogens is 1. The molecule has 0 aliphatic carbocycles. The molecule has 0 fully saturated rings. The number of aryl methyl sites for hydroxylation is 1. The number of nitrogens with zero attached hydrogens (tertiary/aromatic N) is 2. The molecule has 0 atom stereocenters. The predicted octanol–water partition coefficient (Wildman–Crippen LogP) is 3.99. The summed E-state index contributed by atoms with van der Waals surface area (Å²) in [5.41, 5.74) is 3.14. The molecule has 0 saturated heterocycles. The minimum Gasteiger partial charge on any atom is -0.231 e. The molecule has 1 heterocycles. The molecule has 0 aliphatic heterocycles. The third-order valence-corrected chi connectivity index (χ3v) is 3.18. The second kappa shape index (κ2) is 3.90. The highest BCUT2D eigenvalue weighted by molar-refractivity contribution is 6.32. The Bertz CT molecular complexity index is 665. The van der Waals surface area contributed by atoms with Gasteiger partial charge in [-0.1, -0.05) is 41.9 Å². The zero-order valence-corrected chi connectivity index (χ0v) is 10.1. The van der Waals surface area contributed by atoms with Gasteiger partial charge in [-0.25, -0.2) is 4.68 Å². The van der Waals surface area contributed by atoms with E-state index in [1.165, 1.54) is 0 Å². The molecule has 1 aromatic heterocycles. The fraction of sp³-hybridized carbons (Fsp3) is 0.0714. The van der Waals surface area contributed by atoms with E-state index in [0.717, 1.165) is 27.2 Å². The van der Waals surface area contributed by atoms with Crippen LogP contribution in [0.2, 0.25) is 5.02 Å². The Kier molecular flexibility index (Phi) is 2.37. The smallest absolute Gasteiger partial charge is 0.0868 e. The van der Waals surface area contributed by atoms with Crippen molar-refractivity contribution in [3.8, 4) is 5.69 Å². The fourth-order valence-electron chi connectivity index (χ4n) is 2.04. The number of fused-ring (bicyclic) bond motifs is 1. The van der Waals surface area contributed by atoms with Gasteiger partial charge in [-0.05, 0) is 24.6 Å². The van der Waals surface area contributed by atoms with E-state index in [1.54, 1.807) is 0 Å². The lowest BCUT2D eigenvalue weighted by Gasteiger charge is -2.09. The van der Waals surface area contributed by atoms with Gasteiger partial charge in [0.1, 0.15) is 0 Å². The number of rotatable bonds is 1. The van der Waals surface area contributed by atoms with Crippen LogP contribution in [-0.2, 0) is 0 Å². The lowest BCUT2D eigenvalue weighted by atomic mass is 10.2. The van der Waals surface area contributed by atoms with Gasteiger partial charge in [0.05, 0.1) is 22.4 Å². The van der Waals surface area contributed by atoms with Crippen molar-refractivity contribution < 1.29 is 0 Å². The summed E-state index contributed by atoms with van der Waals surface area (Å²) in [4.78, 5) is 0. The molecule has 0 saturated carbocycles. The lowest BCUT2D eigenvalue weighted by molar-refractivity contribution is 0.902. The van der Waals surface area contributed by atoms with Gasteiger partial charge < -0.3 is 0 Å². The van der Waals surface area contributed by atoms with Crippen molar-refractivity contribution >= 4 is 22.5 Å². The van der Waals surface area contributed by atoms with E-state index in [-0.39, 0.29) is 0 Å². The zero-order valence-electron chi connectivity index (χ0n) is 9.39. The predicted molar refractivity (Wildman–Crippen MR) is 70.8 cm³/mol. The molecular formula is C14H11ClN2. The Balaban J connectivity index is 2.35. The number of para-hydroxylation sites is 2. The summed E-state index contributed by atoms with van der Waals surface area (Å²) in [7, 11) is 0. The van der Waals surface area contributed by atoms with Crippen LogP contribution in [0, 0.1) is 6.92 Å². The van der Waals surface area contributed by atoms with E-state index < -0.39 is 0 Å². The molecule has 0 spiro atoms. The molecule has 0 aliphatic rings. The Labute approximate surface area is 104 Å². The van der Waals surface area contributed by atoms with Crippen LogP contribution in [0.1, 0.15) is 5.56 Å². The Morgan fingerprint density at radius 3 is 2.71 bits per heavy atom. The van der Waals surface area contributed by atoms with Crippen LogP contribution in [-0.4, -0.2) is 9.78 Å². The maximum Gasteiger partial charge on any atom is 0.0868 e. The quantitative estimate of drug-likeness (QED) is 0.631. The molecule has 84 valence electrons. The first-order valence-corrected chi connectivity index (χ1v) is 5.83. The van der Waals surface area contributed by atoms with Gasteiger partial charge >= 0.3 is 0 Å². The molecule has 3 rings (SSSR count). The molecule has 17 heavy (non-hydrogen) atoms. The van der Waals surface area contributed by atoms with Gasteiger partial charge in [0.15, 0.2) is 0 Å². The first-order valence-electron chi connectivity index (χ1n) is 5.45. The fourth-order valence-corrected chi connectivity index (χ4v) is 2.34. The number of benzene rings is 2. The topological polar surface area (TPSA) is 17.8 Å². The highest BCUT2D eigenvalue weighted by atomic mass is 35.5. The third-order valence-electron chi connectivity index (χ3n) is 2.88. The maximum absolute atomic E-state index is 6.26. The lowest BCUT2D eigenvalue weighted by Crippen LogP contribution is -1.99. The van der Waals surface area contributed by atoms with Crippen molar-refractivity contribution in [1.82, 2.24) is 9.78 Å². The van der Waals surface area contributed by atoms with E-state index in [9.17, 15) is 0 Å². The summed E-state index contributed by atoms with van der Waals surface area (Å²) in [6, 6.07) is 14.0. The van der Waals surface area contributed by atoms with Crippen LogP contribution in [0.4, 0.5) is 0 Å². The van der Waals surface area contributed by atoms with Crippen LogP contribution >= 0.6 is 11.6 Å². The van der Waals surface area contributed by atoms with Crippen molar-refractivity contribution in [2.24, 2.45) is 0 Å². The number of hydrogen-bond acceptors (Lipinski definition) is 1. The van der Waals surface area contributed by atoms with Gasteiger partial charge in [0.2, 0.25) is 0 Å². The highest BCUT2D eigenvalue weighted by Crippen LogP contribution is 2.26. The van der Waals surface area contributed by atoms with E-state index in [2.05, 4.69) is 5.10 Å². The molecule has 3 aromatic rings. The van der Waals surface area contributed by atoms with Gasteiger partial charge in [0, 0.05) is 5.39 Å². The van der Waals surface area contributed by atoms with Gasteiger partial charge in [-0.15, -0.1) is 0 Å². The second-order valence-electron chi connectivity index (χ2n) is 4.02. The highest BCUT2D eigenvalue weighted by Gasteiger charge is 2.09. The first-order chi connectivity index (χ1) is 8.27. The SMILES string of the molecule is Cc1cccc(Cl)c1-n1ncc2ccccc21. The molecule has 3 heteroatoms. The van der Waals surface area contributed by atoms with Crippen LogP contribution < -0.4 is 0 Å². The normalized spacial score (nSPS) is 10.9. The van der Waals surface area contributed by atoms with Crippen molar-refractivity contribution in [3.05, 3.63) is 59.2 Å². The largest absolute Gasteiger partial charge is 0.231 e. The molecule has 0 bridgehead atoms. The molecule has 0 N–H and O–H groups in total. The van der Waals surface area contributed by atoms with Crippen molar-refractivity contribution in [2.45, 2.75) is 6.92 Å². The number of aromatic nitrogens is 2. The minimum atomic E-state index is 0.721. The monoisotopic (exact) mass is 242 g/mol. The summed E-state index contributed by atoms with van der Waals surface area (Å²) in [6.07, 6.45) is 1.86. The summed E-state index contributed by atoms with van der Waals surface area (Å²) in [5, 5.41) is 6.26. The van der Waals surface area contributed by atoms with E-state index in [0.29, 0.717) is 0 Å². The molecule has 0 unspecified atom stereocenters. The number of hydrogen-bond donors (Lipinski definition) is 0. The molecule has 2 aromatic carbocycles. The molecule has 0 amide bonds. The third kappa shape index (κ3) is 1.61. The summed E-state index contributed by atoms with van der Waals surface area (Å²) < 4.78 is 1.90. The first kappa shape index (κ1) is 10.4. The van der Waals surface area contributed by atoms with Crippen LogP contribution in [0.15, 0.2) is 48.7 Å². The van der Waals surface area contributed by atoms with Crippen molar-refractivity contribution in [1.29, 1.82) is 0 Å². The van der Waals surface area contributed by atoms with Crippen LogP contribution in [0.25, 0.3) is 16.6 Å². The average molecular weight is 243 g/mol.